The van der Waals surface area contributed by atoms with Gasteiger partial charge in [-0.3, -0.25) is 14.9 Å². The Bertz CT molecular complexity index is 1040. The fourth-order valence-corrected chi connectivity index (χ4v) is 3.14. The molecule has 34 heavy (non-hydrogen) atoms. The number of nitrogens with two attached hydrogens (primary N) is 1. The van der Waals surface area contributed by atoms with Crippen LogP contribution in [0.2, 0.25) is 0 Å². The molecule has 182 valence electrons. The summed E-state index contributed by atoms with van der Waals surface area (Å²) >= 11 is 0. The quantitative estimate of drug-likeness (QED) is 0.238. The second-order valence-electron chi connectivity index (χ2n) is 7.23. The van der Waals surface area contributed by atoms with Gasteiger partial charge in [-0.25, -0.2) is 4.79 Å². The van der Waals surface area contributed by atoms with E-state index in [0.29, 0.717) is 19.6 Å². The maximum absolute atomic E-state index is 12.6. The molecule has 1 fully saturated rings. The van der Waals surface area contributed by atoms with Gasteiger partial charge < -0.3 is 21.2 Å². The second kappa shape index (κ2) is 11.7. The molecular formula is C21H22F3N5O5. The van der Waals surface area contributed by atoms with Crippen molar-refractivity contribution in [2.45, 2.75) is 31.7 Å². The highest BCUT2D eigenvalue weighted by Gasteiger charge is 2.38. The highest BCUT2D eigenvalue weighted by Crippen LogP contribution is 2.17. The van der Waals surface area contributed by atoms with Gasteiger partial charge in [0.25, 0.3) is 5.69 Å². The highest BCUT2D eigenvalue weighted by atomic mass is 19.4. The van der Waals surface area contributed by atoms with Gasteiger partial charge in [0.1, 0.15) is 0 Å². The van der Waals surface area contributed by atoms with Crippen LogP contribution in [0.4, 0.5) is 18.9 Å². The average molecular weight is 481 g/mol. The Hall–Kier alpha value is -4.00. The van der Waals surface area contributed by atoms with Crippen molar-refractivity contribution in [3.63, 3.8) is 0 Å². The zero-order chi connectivity index (χ0) is 25.3. The number of nitrogens with zero attached hydrogens (tertiary/aromatic N) is 3. The molecule has 0 aliphatic carbocycles. The number of nitro benzene ring substituents is 1. The van der Waals surface area contributed by atoms with Crippen LogP contribution in [0.25, 0.3) is 0 Å². The minimum atomic E-state index is -5.08. The van der Waals surface area contributed by atoms with Gasteiger partial charge in [0.05, 0.1) is 17.2 Å². The smallest absolute Gasteiger partial charge is 0.475 e. The number of carbonyl (C=O) groups is 2. The van der Waals surface area contributed by atoms with E-state index in [1.54, 1.807) is 18.3 Å². The molecule has 0 unspecified atom stereocenters. The number of rotatable bonds is 7. The third-order valence-corrected chi connectivity index (χ3v) is 4.79. The van der Waals surface area contributed by atoms with Crippen molar-refractivity contribution >= 4 is 23.8 Å². The number of amides is 1. The molecular weight excluding hydrogens is 459 g/mol. The first kappa shape index (κ1) is 26.3. The lowest BCUT2D eigenvalue weighted by Gasteiger charge is -2.17. The minimum Gasteiger partial charge on any atom is -0.475 e. The number of carboxylic acid groups (broad SMARTS) is 1. The molecule has 1 atom stereocenters. The first-order valence-electron chi connectivity index (χ1n) is 9.89. The Labute approximate surface area is 192 Å². The van der Waals surface area contributed by atoms with Crippen molar-refractivity contribution in [1.29, 1.82) is 0 Å². The van der Waals surface area contributed by atoms with Gasteiger partial charge in [0, 0.05) is 31.8 Å². The van der Waals surface area contributed by atoms with Gasteiger partial charge in [-0.1, -0.05) is 30.3 Å². The molecule has 0 saturated carbocycles. The van der Waals surface area contributed by atoms with Crippen LogP contribution in [0, 0.1) is 10.1 Å². The number of carboxylic acids is 1. The topological polar surface area (TPSA) is 151 Å². The summed E-state index contributed by atoms with van der Waals surface area (Å²) in [6.45, 7) is 1.72. The summed E-state index contributed by atoms with van der Waals surface area (Å²) in [5.74, 6) is 2.49. The van der Waals surface area contributed by atoms with Crippen molar-refractivity contribution in [3.05, 3.63) is 75.3 Å². The molecule has 0 bridgehead atoms. The molecule has 1 heterocycles. The van der Waals surface area contributed by atoms with E-state index in [-0.39, 0.29) is 17.6 Å². The third kappa shape index (κ3) is 7.85. The van der Waals surface area contributed by atoms with Crippen LogP contribution in [0.3, 0.4) is 0 Å². The van der Waals surface area contributed by atoms with Crippen LogP contribution in [-0.4, -0.2) is 51.8 Å². The van der Waals surface area contributed by atoms with E-state index in [1.807, 2.05) is 29.2 Å². The Balaban J connectivity index is 0.000000509. The van der Waals surface area contributed by atoms with Gasteiger partial charge in [-0.15, -0.1) is 0 Å². The normalized spacial score (nSPS) is 15.8. The summed E-state index contributed by atoms with van der Waals surface area (Å²) in [6.07, 6.45) is -2.78. The van der Waals surface area contributed by atoms with E-state index in [0.717, 1.165) is 23.1 Å². The Morgan fingerprint density at radius 3 is 2.47 bits per heavy atom. The van der Waals surface area contributed by atoms with E-state index in [4.69, 9.17) is 15.7 Å². The molecule has 0 spiro atoms. The monoisotopic (exact) mass is 481 g/mol. The summed E-state index contributed by atoms with van der Waals surface area (Å²) in [7, 11) is 0. The number of carbonyl (C=O) groups excluding carboxylic acids is 1. The number of nitrogens with one attached hydrogen (secondary N) is 1. The van der Waals surface area contributed by atoms with E-state index in [2.05, 4.69) is 10.4 Å². The van der Waals surface area contributed by atoms with Gasteiger partial charge in [0.2, 0.25) is 5.91 Å². The predicted octanol–water partition coefficient (Wildman–Crippen LogP) is 2.41. The molecule has 4 N–H and O–H groups in total. The Morgan fingerprint density at radius 1 is 1.26 bits per heavy atom. The number of hydrazone groups is 1. The lowest BCUT2D eigenvalue weighted by Crippen LogP contribution is -2.37. The van der Waals surface area contributed by atoms with Crippen LogP contribution in [-0.2, 0) is 22.7 Å². The molecule has 0 aromatic heterocycles. The predicted molar refractivity (Wildman–Crippen MR) is 116 cm³/mol. The maximum atomic E-state index is 12.6. The summed E-state index contributed by atoms with van der Waals surface area (Å²) in [6, 6.07) is 13.8. The average Bonchev–Trinajstić information content (AvgIpc) is 3.12. The summed E-state index contributed by atoms with van der Waals surface area (Å²) in [5, 5.41) is 24.6. The van der Waals surface area contributed by atoms with Crippen LogP contribution in [0.1, 0.15) is 23.1 Å². The number of hydrogen-bond donors (Lipinski definition) is 3. The number of alkyl halides is 3. The molecule has 13 heteroatoms. The molecule has 2 aromatic rings. The number of benzene rings is 2. The van der Waals surface area contributed by atoms with Gasteiger partial charge in [-0.2, -0.15) is 18.3 Å². The largest absolute Gasteiger partial charge is 0.490 e. The fraction of sp³-hybridized carbons (Fsp3) is 0.286. The SMILES string of the molecule is NN=Cc1cccc(CN2CC[C@H](NCc3ccc([N+](=O)[O-])cc3)C2=O)c1.O=C(O)C(F)(F)F. The van der Waals surface area contributed by atoms with Crippen LogP contribution >= 0.6 is 0 Å². The van der Waals surface area contributed by atoms with Crippen LogP contribution in [0.5, 0.6) is 0 Å². The minimum absolute atomic E-state index is 0.0591. The third-order valence-electron chi connectivity index (χ3n) is 4.79. The standard InChI is InChI=1S/C19H21N5O3.C2HF3O2/c20-22-12-15-2-1-3-16(10-15)13-23-9-8-18(19(23)25)21-11-14-4-6-17(7-5-14)24(26)27;3-2(4,5)1(6)7/h1-7,10,12,18,21H,8-9,11,13,20H2;(H,6,7)/t18-;/m0./s1. The second-order valence-corrected chi connectivity index (χ2v) is 7.23. The van der Waals surface area contributed by atoms with Gasteiger partial charge in [0.15, 0.2) is 0 Å². The molecule has 1 amide bonds. The lowest BCUT2D eigenvalue weighted by molar-refractivity contribution is -0.384. The molecule has 10 nitrogen and oxygen atoms in total. The van der Waals surface area contributed by atoms with E-state index in [1.165, 1.54) is 12.1 Å². The number of halogens is 3. The van der Waals surface area contributed by atoms with Crippen molar-refractivity contribution in [2.75, 3.05) is 6.54 Å². The van der Waals surface area contributed by atoms with Crippen molar-refractivity contribution in [1.82, 2.24) is 10.2 Å². The first-order valence-corrected chi connectivity index (χ1v) is 9.89. The summed E-state index contributed by atoms with van der Waals surface area (Å²) in [5.41, 5.74) is 2.88. The molecule has 0 radical (unpaired) electrons. The molecule has 3 rings (SSSR count). The first-order chi connectivity index (χ1) is 16.0. The number of non-ortho nitro benzene ring substituents is 1. The molecule has 1 saturated heterocycles. The molecule has 1 aliphatic heterocycles. The van der Waals surface area contributed by atoms with Crippen LogP contribution in [0.15, 0.2) is 53.6 Å². The van der Waals surface area contributed by atoms with Crippen molar-refractivity contribution < 1.29 is 32.8 Å². The van der Waals surface area contributed by atoms with Gasteiger partial charge >= 0.3 is 12.1 Å². The van der Waals surface area contributed by atoms with Crippen molar-refractivity contribution in [2.24, 2.45) is 10.9 Å². The molecule has 2 aromatic carbocycles. The Kier molecular flexibility index (Phi) is 9.07. The number of nitro groups is 1. The zero-order valence-corrected chi connectivity index (χ0v) is 17.7. The summed E-state index contributed by atoms with van der Waals surface area (Å²) in [4.78, 5) is 33.6. The lowest BCUT2D eigenvalue weighted by atomic mass is 10.1. The summed E-state index contributed by atoms with van der Waals surface area (Å²) < 4.78 is 31.7. The van der Waals surface area contributed by atoms with Gasteiger partial charge in [-0.05, 0) is 29.2 Å². The molecule has 1 aliphatic rings. The highest BCUT2D eigenvalue weighted by molar-refractivity contribution is 5.84. The van der Waals surface area contributed by atoms with E-state index >= 15 is 0 Å². The van der Waals surface area contributed by atoms with E-state index in [9.17, 15) is 28.1 Å². The zero-order valence-electron chi connectivity index (χ0n) is 17.7. The van der Waals surface area contributed by atoms with E-state index < -0.39 is 17.1 Å². The maximum Gasteiger partial charge on any atom is 0.490 e. The number of likely N-dealkylation sites (tertiary alicyclic amines) is 1. The van der Waals surface area contributed by atoms with Crippen LogP contribution < -0.4 is 11.2 Å². The Morgan fingerprint density at radius 2 is 1.91 bits per heavy atom. The number of aliphatic carboxylic acids is 1. The van der Waals surface area contributed by atoms with Crippen molar-refractivity contribution in [3.8, 4) is 0 Å². The number of hydrogen-bond acceptors (Lipinski definition) is 7. The fourth-order valence-electron chi connectivity index (χ4n) is 3.14.